The predicted octanol–water partition coefficient (Wildman–Crippen LogP) is 3.18. The lowest BCUT2D eigenvalue weighted by Gasteiger charge is -1.99. The summed E-state index contributed by atoms with van der Waals surface area (Å²) in [7, 11) is 0. The zero-order chi connectivity index (χ0) is 16.9. The van der Waals surface area contributed by atoms with Gasteiger partial charge >= 0.3 is 0 Å². The molecule has 1 fully saturated rings. The van der Waals surface area contributed by atoms with Gasteiger partial charge in [0, 0.05) is 12.1 Å². The second kappa shape index (κ2) is 6.97. The van der Waals surface area contributed by atoms with Crippen molar-refractivity contribution < 1.29 is 9.72 Å². The van der Waals surface area contributed by atoms with E-state index in [1.54, 1.807) is 18.2 Å². The Morgan fingerprint density at radius 1 is 1.12 bits per heavy atom. The molecule has 24 heavy (non-hydrogen) atoms. The van der Waals surface area contributed by atoms with Crippen LogP contribution in [-0.2, 0) is 4.79 Å². The largest absolute Gasteiger partial charge is 0.299 e. The highest BCUT2D eigenvalue weighted by Gasteiger charge is 2.23. The van der Waals surface area contributed by atoms with E-state index in [2.05, 4.69) is 15.8 Å². The number of para-hydroxylation sites is 1. The highest BCUT2D eigenvalue weighted by molar-refractivity contribution is 8.18. The molecule has 7 nitrogen and oxygen atoms in total. The number of carbonyl (C=O) groups excluding carboxylic acids is 1. The number of hydrazone groups is 1. The minimum atomic E-state index is -0.464. The Hall–Kier alpha value is -3.13. The lowest BCUT2D eigenvalue weighted by Crippen LogP contribution is -2.20. The summed E-state index contributed by atoms with van der Waals surface area (Å²) in [4.78, 5) is 22.6. The van der Waals surface area contributed by atoms with Crippen molar-refractivity contribution in [2.45, 2.75) is 0 Å². The lowest BCUT2D eigenvalue weighted by atomic mass is 10.2. The van der Waals surface area contributed by atoms with E-state index >= 15 is 0 Å². The molecule has 2 aromatic rings. The molecule has 0 aliphatic carbocycles. The fourth-order valence-corrected chi connectivity index (χ4v) is 2.73. The normalized spacial score (nSPS) is 17.1. The number of nitrogens with one attached hydrogen (secondary N) is 2. The molecule has 1 aliphatic rings. The minimum Gasteiger partial charge on any atom is -0.299 e. The van der Waals surface area contributed by atoms with Crippen molar-refractivity contribution in [3.8, 4) is 0 Å². The average molecular weight is 340 g/mol. The maximum atomic E-state index is 12.0. The van der Waals surface area contributed by atoms with Crippen molar-refractivity contribution in [1.29, 1.82) is 0 Å². The summed E-state index contributed by atoms with van der Waals surface area (Å²) in [5, 5.41) is 17.9. The van der Waals surface area contributed by atoms with Crippen molar-refractivity contribution in [3.63, 3.8) is 0 Å². The van der Waals surface area contributed by atoms with E-state index in [-0.39, 0.29) is 11.6 Å². The Bertz CT molecular complexity index is 832. The highest BCUT2D eigenvalue weighted by Crippen LogP contribution is 2.26. The third kappa shape index (κ3) is 3.79. The number of nitro groups is 1. The summed E-state index contributed by atoms with van der Waals surface area (Å²) in [6, 6.07) is 15.4. The summed E-state index contributed by atoms with van der Waals surface area (Å²) < 4.78 is 0. The Balaban J connectivity index is 1.71. The average Bonchev–Trinajstić information content (AvgIpc) is 2.94. The minimum absolute atomic E-state index is 0.00925. The zero-order valence-corrected chi connectivity index (χ0v) is 13.1. The number of rotatable bonds is 4. The van der Waals surface area contributed by atoms with Crippen LogP contribution in [0.5, 0.6) is 0 Å². The van der Waals surface area contributed by atoms with Gasteiger partial charge in [0.05, 0.1) is 15.5 Å². The third-order valence-corrected chi connectivity index (χ3v) is 4.02. The Morgan fingerprint density at radius 2 is 1.83 bits per heavy atom. The van der Waals surface area contributed by atoms with Gasteiger partial charge in [-0.1, -0.05) is 18.2 Å². The third-order valence-electron chi connectivity index (χ3n) is 3.11. The molecule has 0 radical (unpaired) electrons. The van der Waals surface area contributed by atoms with Gasteiger partial charge in [-0.3, -0.25) is 25.7 Å². The molecule has 120 valence electrons. The van der Waals surface area contributed by atoms with Gasteiger partial charge in [0.1, 0.15) is 0 Å². The predicted molar refractivity (Wildman–Crippen MR) is 94.3 cm³/mol. The molecule has 2 N–H and O–H groups in total. The molecular weight excluding hydrogens is 328 g/mol. The summed E-state index contributed by atoms with van der Waals surface area (Å²) in [6.45, 7) is 0. The molecule has 3 rings (SSSR count). The standard InChI is InChI=1S/C16H12N4O3S/c21-15-14(10-11-6-8-13(9-7-11)20(22)23)24-16(17-15)19-18-12-4-2-1-3-5-12/h1-10,18H,(H,17,19,21). The van der Waals surface area contributed by atoms with Crippen molar-refractivity contribution in [1.82, 2.24) is 5.32 Å². The van der Waals surface area contributed by atoms with Crippen LogP contribution in [0, 0.1) is 10.1 Å². The van der Waals surface area contributed by atoms with E-state index in [9.17, 15) is 14.9 Å². The van der Waals surface area contributed by atoms with Crippen molar-refractivity contribution in [3.05, 3.63) is 75.2 Å². The maximum absolute atomic E-state index is 12.0. The SMILES string of the molecule is O=C1N/C(=N\Nc2ccccc2)SC1=Cc1ccc([N+](=O)[O-])cc1. The number of carbonyl (C=O) groups is 1. The number of benzene rings is 2. The van der Waals surface area contributed by atoms with Gasteiger partial charge in [-0.2, -0.15) is 0 Å². The van der Waals surface area contributed by atoms with Crippen molar-refractivity contribution in [2.24, 2.45) is 5.10 Å². The van der Waals surface area contributed by atoms with E-state index in [1.807, 2.05) is 30.3 Å². The second-order valence-electron chi connectivity index (χ2n) is 4.81. The van der Waals surface area contributed by atoms with E-state index in [0.717, 1.165) is 5.69 Å². The van der Waals surface area contributed by atoms with Gasteiger partial charge in [-0.15, -0.1) is 5.10 Å². The van der Waals surface area contributed by atoms with Crippen molar-refractivity contribution >= 4 is 40.3 Å². The van der Waals surface area contributed by atoms with Gasteiger partial charge < -0.3 is 0 Å². The van der Waals surface area contributed by atoms with Gasteiger partial charge in [0.2, 0.25) is 0 Å². The van der Waals surface area contributed by atoms with Crippen LogP contribution in [0.2, 0.25) is 0 Å². The first-order valence-electron chi connectivity index (χ1n) is 6.96. The second-order valence-corrected chi connectivity index (χ2v) is 5.84. The maximum Gasteiger partial charge on any atom is 0.269 e. The van der Waals surface area contributed by atoms with Crippen LogP contribution in [0.15, 0.2) is 64.6 Å². The van der Waals surface area contributed by atoms with Gasteiger partial charge in [-0.05, 0) is 47.7 Å². The number of amides is 1. The molecule has 0 spiro atoms. The van der Waals surface area contributed by atoms with E-state index in [1.165, 1.54) is 23.9 Å². The lowest BCUT2D eigenvalue weighted by molar-refractivity contribution is -0.384. The van der Waals surface area contributed by atoms with Crippen LogP contribution in [-0.4, -0.2) is 16.0 Å². The number of non-ortho nitro benzene ring substituents is 1. The number of amidine groups is 1. The summed E-state index contributed by atoms with van der Waals surface area (Å²) >= 11 is 1.20. The van der Waals surface area contributed by atoms with Crippen LogP contribution in [0.3, 0.4) is 0 Å². The van der Waals surface area contributed by atoms with Gasteiger partial charge in [0.15, 0.2) is 5.17 Å². The van der Waals surface area contributed by atoms with Crippen LogP contribution in [0.4, 0.5) is 11.4 Å². The van der Waals surface area contributed by atoms with Crippen LogP contribution >= 0.6 is 11.8 Å². The quantitative estimate of drug-likeness (QED) is 0.506. The van der Waals surface area contributed by atoms with E-state index < -0.39 is 4.92 Å². The molecule has 8 heteroatoms. The molecular formula is C16H12N4O3S. The fraction of sp³-hybridized carbons (Fsp3) is 0. The number of nitro benzene ring substituents is 1. The van der Waals surface area contributed by atoms with Crippen LogP contribution < -0.4 is 10.7 Å². The molecule has 0 unspecified atom stereocenters. The molecule has 1 saturated heterocycles. The Labute approximate surface area is 141 Å². The Kier molecular flexibility index (Phi) is 4.57. The van der Waals surface area contributed by atoms with Crippen molar-refractivity contribution in [2.75, 3.05) is 5.43 Å². The van der Waals surface area contributed by atoms with E-state index in [0.29, 0.717) is 15.6 Å². The zero-order valence-electron chi connectivity index (χ0n) is 12.3. The first-order chi connectivity index (χ1) is 11.6. The van der Waals surface area contributed by atoms with Crippen LogP contribution in [0.25, 0.3) is 6.08 Å². The highest BCUT2D eigenvalue weighted by atomic mass is 32.2. The molecule has 1 amide bonds. The first kappa shape index (κ1) is 15.8. The topological polar surface area (TPSA) is 96.6 Å². The summed E-state index contributed by atoms with van der Waals surface area (Å²) in [5.74, 6) is -0.257. The summed E-state index contributed by atoms with van der Waals surface area (Å²) in [6.07, 6.45) is 1.66. The molecule has 1 heterocycles. The monoisotopic (exact) mass is 340 g/mol. The molecule has 0 aromatic heterocycles. The fourth-order valence-electron chi connectivity index (χ4n) is 1.95. The number of nitrogens with zero attached hydrogens (tertiary/aromatic N) is 2. The molecule has 0 bridgehead atoms. The number of hydrogen-bond donors (Lipinski definition) is 2. The van der Waals surface area contributed by atoms with E-state index in [4.69, 9.17) is 0 Å². The van der Waals surface area contributed by atoms with Gasteiger partial charge in [0.25, 0.3) is 11.6 Å². The molecule has 0 atom stereocenters. The number of thioether (sulfide) groups is 1. The molecule has 0 saturated carbocycles. The molecule has 1 aliphatic heterocycles. The number of hydrogen-bond acceptors (Lipinski definition) is 6. The van der Waals surface area contributed by atoms with Gasteiger partial charge in [-0.25, -0.2) is 0 Å². The van der Waals surface area contributed by atoms with Crippen LogP contribution in [0.1, 0.15) is 5.56 Å². The Morgan fingerprint density at radius 3 is 2.50 bits per heavy atom. The smallest absolute Gasteiger partial charge is 0.269 e. The summed E-state index contributed by atoms with van der Waals surface area (Å²) in [5.41, 5.74) is 4.39. The molecule has 2 aromatic carbocycles. The number of anilines is 1. The first-order valence-corrected chi connectivity index (χ1v) is 7.77.